The molecule has 2 aromatic rings. The quantitative estimate of drug-likeness (QED) is 0.852. The summed E-state index contributed by atoms with van der Waals surface area (Å²) < 4.78 is 0. The van der Waals surface area contributed by atoms with E-state index in [1.54, 1.807) is 0 Å². The fourth-order valence-corrected chi connectivity index (χ4v) is 4.05. The molecule has 2 aliphatic rings. The zero-order chi connectivity index (χ0) is 21.1. The fourth-order valence-electron chi connectivity index (χ4n) is 4.05. The van der Waals surface area contributed by atoms with Gasteiger partial charge in [-0.1, -0.05) is 48.9 Å². The summed E-state index contributed by atoms with van der Waals surface area (Å²) in [5, 5.41) is 4.23. The number of hydrogen-bond acceptors (Lipinski definition) is 4. The number of benzene rings is 2. The number of nitrogens with zero attached hydrogens (tertiary/aromatic N) is 3. The molecular weight excluding hydrogens is 376 g/mol. The number of aryl methyl sites for hydroxylation is 1. The lowest BCUT2D eigenvalue weighted by molar-refractivity contribution is -0.130. The maximum absolute atomic E-state index is 12.6. The van der Waals surface area contributed by atoms with Crippen LogP contribution in [-0.2, 0) is 16.0 Å². The highest BCUT2D eigenvalue weighted by Gasteiger charge is 2.23. The maximum Gasteiger partial charge on any atom is 0.240 e. The molecule has 4 rings (SSSR count). The van der Waals surface area contributed by atoms with Crippen LogP contribution < -0.4 is 10.3 Å². The first-order valence-corrected chi connectivity index (χ1v) is 10.5. The van der Waals surface area contributed by atoms with Gasteiger partial charge in [0.25, 0.3) is 0 Å². The van der Waals surface area contributed by atoms with Crippen LogP contribution in [0.3, 0.4) is 0 Å². The molecule has 0 unspecified atom stereocenters. The van der Waals surface area contributed by atoms with Crippen LogP contribution in [0.25, 0.3) is 0 Å². The van der Waals surface area contributed by atoms with Gasteiger partial charge in [-0.15, -0.1) is 0 Å². The van der Waals surface area contributed by atoms with Gasteiger partial charge in [0.2, 0.25) is 11.8 Å². The maximum atomic E-state index is 12.6. The monoisotopic (exact) mass is 404 g/mol. The number of hydrazone groups is 1. The third-order valence-corrected chi connectivity index (χ3v) is 5.90. The first-order chi connectivity index (χ1) is 14.5. The first kappa shape index (κ1) is 20.1. The van der Waals surface area contributed by atoms with Crippen LogP contribution in [0, 0.1) is 12.8 Å². The summed E-state index contributed by atoms with van der Waals surface area (Å²) in [5.74, 6) is 0.283. The van der Waals surface area contributed by atoms with Crippen LogP contribution in [0.4, 0.5) is 5.69 Å². The third-order valence-electron chi connectivity index (χ3n) is 5.90. The van der Waals surface area contributed by atoms with Crippen LogP contribution in [0.5, 0.6) is 0 Å². The number of rotatable bonds is 4. The Morgan fingerprint density at radius 1 is 1.03 bits per heavy atom. The predicted octanol–water partition coefficient (Wildman–Crippen LogP) is 2.75. The highest BCUT2D eigenvalue weighted by atomic mass is 16.2. The van der Waals surface area contributed by atoms with Gasteiger partial charge in [-0.3, -0.25) is 9.59 Å². The van der Waals surface area contributed by atoms with Crippen LogP contribution >= 0.6 is 0 Å². The Balaban J connectivity index is 1.33. The Morgan fingerprint density at radius 2 is 1.70 bits per heavy atom. The van der Waals surface area contributed by atoms with E-state index < -0.39 is 0 Å². The van der Waals surface area contributed by atoms with Crippen molar-refractivity contribution in [3.8, 4) is 0 Å². The Hall–Kier alpha value is -3.15. The zero-order valence-corrected chi connectivity index (χ0v) is 17.6. The van der Waals surface area contributed by atoms with Crippen LogP contribution in [0.1, 0.15) is 30.0 Å². The molecule has 0 bridgehead atoms. The van der Waals surface area contributed by atoms with Crippen molar-refractivity contribution in [3.05, 3.63) is 65.2 Å². The highest BCUT2D eigenvalue weighted by molar-refractivity contribution is 6.05. The van der Waals surface area contributed by atoms with Crippen LogP contribution in [-0.4, -0.2) is 48.6 Å². The van der Waals surface area contributed by atoms with Gasteiger partial charge in [-0.05, 0) is 30.2 Å². The summed E-state index contributed by atoms with van der Waals surface area (Å²) in [7, 11) is 0. The number of amides is 2. The van der Waals surface area contributed by atoms with E-state index in [4.69, 9.17) is 0 Å². The molecule has 0 aromatic heterocycles. The van der Waals surface area contributed by atoms with E-state index in [0.717, 1.165) is 48.7 Å². The minimum atomic E-state index is -0.0299. The molecule has 0 spiro atoms. The van der Waals surface area contributed by atoms with E-state index in [1.807, 2.05) is 24.0 Å². The first-order valence-electron chi connectivity index (χ1n) is 10.5. The molecule has 0 saturated carbocycles. The lowest BCUT2D eigenvalue weighted by Gasteiger charge is -2.36. The Kier molecular flexibility index (Phi) is 5.84. The van der Waals surface area contributed by atoms with E-state index in [2.05, 4.69) is 58.7 Å². The number of nitrogens with one attached hydrogen (secondary N) is 1. The zero-order valence-electron chi connectivity index (χ0n) is 17.6. The molecule has 6 nitrogen and oxygen atoms in total. The smallest absolute Gasteiger partial charge is 0.240 e. The molecule has 1 fully saturated rings. The van der Waals surface area contributed by atoms with Crippen molar-refractivity contribution < 1.29 is 9.59 Å². The molecule has 0 radical (unpaired) electrons. The Labute approximate surface area is 177 Å². The van der Waals surface area contributed by atoms with E-state index >= 15 is 0 Å². The molecule has 1 saturated heterocycles. The van der Waals surface area contributed by atoms with Gasteiger partial charge in [-0.25, -0.2) is 5.43 Å². The molecule has 2 amide bonds. The summed E-state index contributed by atoms with van der Waals surface area (Å²) in [6, 6.07) is 16.5. The predicted molar refractivity (Wildman–Crippen MR) is 119 cm³/mol. The van der Waals surface area contributed by atoms with Gasteiger partial charge < -0.3 is 9.80 Å². The normalized spacial score (nSPS) is 19.3. The Morgan fingerprint density at radius 3 is 2.33 bits per heavy atom. The number of carbonyl (C=O) groups excluding carboxylic acids is 2. The molecule has 156 valence electrons. The van der Waals surface area contributed by atoms with Crippen molar-refractivity contribution in [2.45, 2.75) is 26.7 Å². The van der Waals surface area contributed by atoms with Gasteiger partial charge in [0.05, 0.1) is 12.1 Å². The Bertz CT molecular complexity index is 942. The van der Waals surface area contributed by atoms with E-state index in [0.29, 0.717) is 12.8 Å². The van der Waals surface area contributed by atoms with Crippen molar-refractivity contribution in [2.75, 3.05) is 31.1 Å². The third kappa shape index (κ3) is 4.53. The van der Waals surface area contributed by atoms with E-state index in [1.165, 1.54) is 5.56 Å². The van der Waals surface area contributed by atoms with Crippen molar-refractivity contribution in [1.82, 2.24) is 10.3 Å². The molecule has 6 heteroatoms. The van der Waals surface area contributed by atoms with Crippen LogP contribution in [0.15, 0.2) is 53.6 Å². The topological polar surface area (TPSA) is 65.0 Å². The minimum Gasteiger partial charge on any atom is -0.368 e. The fraction of sp³-hybridized carbons (Fsp3) is 0.375. The molecular formula is C24H28N4O2. The summed E-state index contributed by atoms with van der Waals surface area (Å²) in [5.41, 5.74) is 7.97. The van der Waals surface area contributed by atoms with Gasteiger partial charge >= 0.3 is 0 Å². The number of carbonyl (C=O) groups is 2. The lowest BCUT2D eigenvalue weighted by Crippen LogP contribution is -2.49. The summed E-state index contributed by atoms with van der Waals surface area (Å²) >= 11 is 0. The second kappa shape index (κ2) is 8.69. The van der Waals surface area contributed by atoms with Crippen molar-refractivity contribution in [3.63, 3.8) is 0 Å². The lowest BCUT2D eigenvalue weighted by atomic mass is 9.94. The van der Waals surface area contributed by atoms with E-state index in [-0.39, 0.29) is 17.7 Å². The number of anilines is 1. The molecule has 2 aliphatic heterocycles. The van der Waals surface area contributed by atoms with Gasteiger partial charge in [0.15, 0.2) is 0 Å². The van der Waals surface area contributed by atoms with Crippen molar-refractivity contribution in [1.29, 1.82) is 0 Å². The average molecular weight is 405 g/mol. The molecule has 2 aromatic carbocycles. The molecule has 2 heterocycles. The van der Waals surface area contributed by atoms with Crippen molar-refractivity contribution >= 4 is 23.2 Å². The molecule has 1 atom stereocenters. The minimum absolute atomic E-state index is 0.0299. The summed E-state index contributed by atoms with van der Waals surface area (Å²) in [6.45, 7) is 7.21. The molecule has 0 aliphatic carbocycles. The second-order valence-electron chi connectivity index (χ2n) is 8.21. The number of hydrogen-bond donors (Lipinski definition) is 1. The van der Waals surface area contributed by atoms with Gasteiger partial charge in [0, 0.05) is 44.2 Å². The standard InChI is InChI=1S/C24H28N4O2/c1-17-3-5-19(6-4-17)16-23(30)28-13-11-27(12-14-28)21-9-7-20(8-10-21)24-18(2)15-22(29)25-26-24/h3-10,18H,11-16H2,1-2H3,(H,25,29)/t18-/m0/s1. The highest BCUT2D eigenvalue weighted by Crippen LogP contribution is 2.21. The van der Waals surface area contributed by atoms with E-state index in [9.17, 15) is 9.59 Å². The summed E-state index contributed by atoms with van der Waals surface area (Å²) in [6.07, 6.45) is 0.935. The second-order valence-corrected chi connectivity index (χ2v) is 8.21. The molecule has 1 N–H and O–H groups in total. The SMILES string of the molecule is Cc1ccc(CC(=O)N2CCN(c3ccc(C4=NNC(=O)C[C@@H]4C)cc3)CC2)cc1. The number of piperazine rings is 1. The van der Waals surface area contributed by atoms with Crippen LogP contribution in [0.2, 0.25) is 0 Å². The van der Waals surface area contributed by atoms with Gasteiger partial charge in [-0.2, -0.15) is 5.10 Å². The molecule has 30 heavy (non-hydrogen) atoms. The van der Waals surface area contributed by atoms with Crippen molar-refractivity contribution in [2.24, 2.45) is 11.0 Å². The summed E-state index contributed by atoms with van der Waals surface area (Å²) in [4.78, 5) is 28.4. The van der Waals surface area contributed by atoms with Gasteiger partial charge in [0.1, 0.15) is 0 Å². The largest absolute Gasteiger partial charge is 0.368 e. The average Bonchev–Trinajstić information content (AvgIpc) is 2.76.